The molecule has 24 heavy (non-hydrogen) atoms. The van der Waals surface area contributed by atoms with E-state index in [4.69, 9.17) is 10.1 Å². The molecule has 0 fully saturated rings. The highest BCUT2D eigenvalue weighted by Crippen LogP contribution is 2.45. The summed E-state index contributed by atoms with van der Waals surface area (Å²) in [5, 5.41) is 19.7. The Labute approximate surface area is 138 Å². The monoisotopic (exact) mass is 316 g/mol. The summed E-state index contributed by atoms with van der Waals surface area (Å²) in [5.74, 6) is -0.923. The number of rotatable bonds is 1. The first-order chi connectivity index (χ1) is 11.7. The van der Waals surface area contributed by atoms with E-state index in [0.29, 0.717) is 5.75 Å². The Balaban J connectivity index is 2.03. The molecule has 2 unspecified atom stereocenters. The molecule has 0 aliphatic carbocycles. The molecule has 0 aromatic heterocycles. The molecule has 2 atom stereocenters. The van der Waals surface area contributed by atoms with Crippen molar-refractivity contribution in [2.75, 3.05) is 0 Å². The molecule has 0 radical (unpaired) electrons. The van der Waals surface area contributed by atoms with Crippen LogP contribution in [-0.2, 0) is 0 Å². The second-order valence-corrected chi connectivity index (χ2v) is 5.80. The minimum Gasteiger partial charge on any atom is -0.442 e. The van der Waals surface area contributed by atoms with Gasteiger partial charge in [0, 0.05) is 11.5 Å². The van der Waals surface area contributed by atoms with Crippen LogP contribution in [0.15, 0.2) is 60.7 Å². The summed E-state index contributed by atoms with van der Waals surface area (Å²) in [6.45, 7) is 0. The summed E-state index contributed by atoms with van der Waals surface area (Å²) in [6, 6.07) is 19.9. The zero-order valence-corrected chi connectivity index (χ0v) is 12.7. The Hall–Kier alpha value is -3.19. The molecule has 0 spiro atoms. The van der Waals surface area contributed by atoms with Gasteiger partial charge < -0.3 is 4.74 Å². The molecule has 4 rings (SSSR count). The van der Waals surface area contributed by atoms with Crippen molar-refractivity contribution >= 4 is 16.7 Å². The lowest BCUT2D eigenvalue weighted by molar-refractivity contribution is 0.452. The molecule has 0 amide bonds. The lowest BCUT2D eigenvalue weighted by Crippen LogP contribution is -2.31. The van der Waals surface area contributed by atoms with Crippen molar-refractivity contribution in [1.29, 1.82) is 10.7 Å². The number of nitriles is 1. The Bertz CT molecular complexity index is 989. The van der Waals surface area contributed by atoms with Crippen LogP contribution in [0.25, 0.3) is 10.8 Å². The Morgan fingerprint density at radius 1 is 1.00 bits per heavy atom. The van der Waals surface area contributed by atoms with Gasteiger partial charge in [0.2, 0.25) is 5.90 Å². The first kappa shape index (κ1) is 14.4. The molecular formula is C20H13FN2O. The fourth-order valence-electron chi connectivity index (χ4n) is 3.35. The maximum absolute atomic E-state index is 13.3. The van der Waals surface area contributed by atoms with Crippen LogP contribution in [0.3, 0.4) is 0 Å². The third kappa shape index (κ3) is 2.14. The van der Waals surface area contributed by atoms with Gasteiger partial charge in [-0.05, 0) is 34.5 Å². The van der Waals surface area contributed by atoms with Gasteiger partial charge in [-0.25, -0.2) is 4.39 Å². The summed E-state index contributed by atoms with van der Waals surface area (Å²) < 4.78 is 18.9. The van der Waals surface area contributed by atoms with Crippen LogP contribution >= 0.6 is 0 Å². The van der Waals surface area contributed by atoms with Gasteiger partial charge in [-0.1, -0.05) is 42.5 Å². The highest BCUT2D eigenvalue weighted by molar-refractivity contribution is 5.94. The fourth-order valence-corrected chi connectivity index (χ4v) is 3.35. The Morgan fingerprint density at radius 2 is 1.75 bits per heavy atom. The molecule has 1 heterocycles. The minimum atomic E-state index is -0.742. The smallest absolute Gasteiger partial charge is 0.205 e. The van der Waals surface area contributed by atoms with E-state index in [9.17, 15) is 9.65 Å². The molecular weight excluding hydrogens is 303 g/mol. The minimum absolute atomic E-state index is 0.0744. The molecule has 1 aliphatic heterocycles. The van der Waals surface area contributed by atoms with Gasteiger partial charge in [-0.15, -0.1) is 0 Å². The van der Waals surface area contributed by atoms with Crippen molar-refractivity contribution < 1.29 is 9.13 Å². The highest BCUT2D eigenvalue weighted by atomic mass is 19.1. The van der Waals surface area contributed by atoms with Gasteiger partial charge in [0.05, 0.1) is 6.07 Å². The van der Waals surface area contributed by atoms with Crippen molar-refractivity contribution in [3.63, 3.8) is 0 Å². The molecule has 0 saturated heterocycles. The summed E-state index contributed by atoms with van der Waals surface area (Å²) in [4.78, 5) is 0. The second-order valence-electron chi connectivity index (χ2n) is 5.80. The molecule has 1 aliphatic rings. The third-order valence-electron chi connectivity index (χ3n) is 4.45. The second kappa shape index (κ2) is 5.47. The van der Waals surface area contributed by atoms with Crippen LogP contribution in [-0.4, -0.2) is 5.90 Å². The van der Waals surface area contributed by atoms with Crippen molar-refractivity contribution in [3.8, 4) is 11.8 Å². The quantitative estimate of drug-likeness (QED) is 0.712. The first-order valence-corrected chi connectivity index (χ1v) is 7.62. The summed E-state index contributed by atoms with van der Waals surface area (Å²) in [5.41, 5.74) is 1.68. The van der Waals surface area contributed by atoms with Crippen LogP contribution in [0.2, 0.25) is 0 Å². The standard InChI is InChI=1S/C20H13FN2O/c21-14-8-5-13(6-9-14)18-16(11-22)20(23)24-17-10-7-12-3-1-2-4-15(12)19(17)18/h1-10,16,18,23H. The van der Waals surface area contributed by atoms with Crippen molar-refractivity contribution in [1.82, 2.24) is 0 Å². The zero-order valence-electron chi connectivity index (χ0n) is 12.7. The maximum Gasteiger partial charge on any atom is 0.205 e. The average molecular weight is 316 g/mol. The highest BCUT2D eigenvalue weighted by Gasteiger charge is 2.37. The third-order valence-corrected chi connectivity index (χ3v) is 4.45. The molecule has 0 bridgehead atoms. The van der Waals surface area contributed by atoms with Crippen LogP contribution in [0.4, 0.5) is 4.39 Å². The number of ether oxygens (including phenoxy) is 1. The normalized spacial score (nSPS) is 19.4. The molecule has 1 N–H and O–H groups in total. The Morgan fingerprint density at radius 3 is 2.50 bits per heavy atom. The van der Waals surface area contributed by atoms with E-state index in [2.05, 4.69) is 6.07 Å². The van der Waals surface area contributed by atoms with E-state index in [1.54, 1.807) is 12.1 Å². The van der Waals surface area contributed by atoms with Crippen molar-refractivity contribution in [3.05, 3.63) is 77.6 Å². The number of fused-ring (bicyclic) bond motifs is 3. The molecule has 4 heteroatoms. The number of nitrogens with one attached hydrogen (secondary N) is 1. The number of hydrogen-bond acceptors (Lipinski definition) is 3. The summed E-state index contributed by atoms with van der Waals surface area (Å²) in [6.07, 6.45) is 0. The Kier molecular flexibility index (Phi) is 3.28. The van der Waals surface area contributed by atoms with Gasteiger partial charge in [-0.2, -0.15) is 5.26 Å². The lowest BCUT2D eigenvalue weighted by atomic mass is 9.77. The van der Waals surface area contributed by atoms with Crippen LogP contribution < -0.4 is 4.74 Å². The van der Waals surface area contributed by atoms with E-state index in [1.807, 2.05) is 36.4 Å². The van der Waals surface area contributed by atoms with Crippen molar-refractivity contribution in [2.45, 2.75) is 5.92 Å². The van der Waals surface area contributed by atoms with Crippen LogP contribution in [0, 0.1) is 28.5 Å². The molecule has 0 saturated carbocycles. The average Bonchev–Trinajstić information content (AvgIpc) is 2.61. The number of halogens is 1. The molecule has 3 aromatic carbocycles. The van der Waals surface area contributed by atoms with E-state index in [1.165, 1.54) is 12.1 Å². The van der Waals surface area contributed by atoms with E-state index in [-0.39, 0.29) is 17.6 Å². The SMILES string of the molecule is N#CC1C(=N)Oc2ccc3ccccc3c2C1c1ccc(F)cc1. The predicted molar refractivity (Wildman–Crippen MR) is 89.6 cm³/mol. The van der Waals surface area contributed by atoms with Crippen LogP contribution in [0.1, 0.15) is 17.0 Å². The molecule has 3 nitrogen and oxygen atoms in total. The first-order valence-electron chi connectivity index (χ1n) is 7.62. The van der Waals surface area contributed by atoms with E-state index in [0.717, 1.165) is 21.9 Å². The van der Waals surface area contributed by atoms with Gasteiger partial charge in [0.1, 0.15) is 17.5 Å². The van der Waals surface area contributed by atoms with Gasteiger partial charge >= 0.3 is 0 Å². The zero-order chi connectivity index (χ0) is 16.7. The predicted octanol–water partition coefficient (Wildman–Crippen LogP) is 4.62. The number of nitrogens with zero attached hydrogens (tertiary/aromatic N) is 1. The summed E-state index contributed by atoms with van der Waals surface area (Å²) in [7, 11) is 0. The van der Waals surface area contributed by atoms with E-state index < -0.39 is 5.92 Å². The molecule has 3 aromatic rings. The summed E-state index contributed by atoms with van der Waals surface area (Å²) >= 11 is 0. The topological polar surface area (TPSA) is 56.9 Å². The lowest BCUT2D eigenvalue weighted by Gasteiger charge is -2.31. The van der Waals surface area contributed by atoms with Crippen molar-refractivity contribution in [2.24, 2.45) is 5.92 Å². The van der Waals surface area contributed by atoms with Gasteiger partial charge in [0.15, 0.2) is 0 Å². The van der Waals surface area contributed by atoms with Gasteiger partial charge in [0.25, 0.3) is 0 Å². The van der Waals surface area contributed by atoms with Crippen LogP contribution in [0.5, 0.6) is 5.75 Å². The number of hydrogen-bond donors (Lipinski definition) is 1. The fraction of sp³-hybridized carbons (Fsp3) is 0.100. The van der Waals surface area contributed by atoms with Gasteiger partial charge in [-0.3, -0.25) is 5.41 Å². The van der Waals surface area contributed by atoms with E-state index >= 15 is 0 Å². The largest absolute Gasteiger partial charge is 0.442 e. The molecule has 116 valence electrons. The maximum atomic E-state index is 13.3. The number of benzene rings is 3.